The molecule has 8 aliphatic rings. The molecular formula is C68H94N28O12. The van der Waals surface area contributed by atoms with Gasteiger partial charge in [0.2, 0.25) is 23.8 Å². The van der Waals surface area contributed by atoms with Crippen LogP contribution in [0, 0.1) is 67.2 Å². The SMILES string of the molecule is CC[C@@]12CN(c3nc(C)n(C)n3)[C@@H]([C@H](n3cc(C)c(-n4cncn4)nc3=O)O1)[C@@H]2C.CC[C@@]12CN(c3nc(C)n(C)n3)[C@@H]([C@H](n3cc(C)c(=O)[nH]c3=O)O1)[C@@H]2C.CC[C@@]12CN(c3nc(C)n(C)n3)[C@@H]([C@H](n3cc(C)c(=O)[nH]c3=O)O1)[C@@H]2O.CC[C@@]12CN(c3nc(C)n(C)n3)[C@@H]([C@H](n3cc(C)c(N)nc3=O)O1)[C@@H]2O. The van der Waals surface area contributed by atoms with Gasteiger partial charge in [0.1, 0.15) is 77.3 Å². The van der Waals surface area contributed by atoms with Crippen molar-refractivity contribution in [3.63, 3.8) is 0 Å². The Labute approximate surface area is 617 Å². The average Bonchev–Trinajstić information content (AvgIpc) is 1.57. The molecule has 17 rings (SSSR count). The number of anilines is 5. The smallest absolute Gasteiger partial charge is 0.351 e. The highest BCUT2D eigenvalue weighted by atomic mass is 16.6. The summed E-state index contributed by atoms with van der Waals surface area (Å²) in [6.45, 7) is 29.3. The number of aromatic nitrogens is 23. The molecule has 0 radical (unpaired) electrons. The van der Waals surface area contributed by atoms with Crippen LogP contribution in [-0.4, -0.2) is 207 Å². The topological polar surface area (TPSA) is 449 Å². The minimum Gasteiger partial charge on any atom is -0.388 e. The average molecular weight is 1500 g/mol. The summed E-state index contributed by atoms with van der Waals surface area (Å²) in [7, 11) is 7.37. The first-order valence-electron chi connectivity index (χ1n) is 36.2. The summed E-state index contributed by atoms with van der Waals surface area (Å²) in [5.41, 5.74) is 3.06. The van der Waals surface area contributed by atoms with E-state index in [1.54, 1.807) is 69.7 Å². The number of rotatable bonds is 13. The minimum absolute atomic E-state index is 0.0668. The van der Waals surface area contributed by atoms with E-state index < -0.39 is 83.0 Å². The number of nitrogen functional groups attached to an aromatic ring is 1. The number of fused-ring (bicyclic) bond motifs is 8. The van der Waals surface area contributed by atoms with E-state index in [2.05, 4.69) is 108 Å². The van der Waals surface area contributed by atoms with Crippen LogP contribution in [0.3, 0.4) is 0 Å². The number of aliphatic hydroxyl groups is 2. The number of aromatic amines is 2. The third kappa shape index (κ3) is 11.9. The summed E-state index contributed by atoms with van der Waals surface area (Å²) in [6.07, 6.45) is 8.26. The number of aliphatic hydroxyl groups excluding tert-OH is 2. The van der Waals surface area contributed by atoms with Gasteiger partial charge in [-0.2, -0.15) is 35.0 Å². The van der Waals surface area contributed by atoms with Crippen LogP contribution in [0.4, 0.5) is 29.6 Å². The van der Waals surface area contributed by atoms with Gasteiger partial charge in [0.15, 0.2) is 30.7 Å². The molecule has 0 aromatic carbocycles. The quantitative estimate of drug-likeness (QED) is 0.101. The number of morpholine rings is 4. The lowest BCUT2D eigenvalue weighted by Gasteiger charge is -2.37. The predicted molar refractivity (Wildman–Crippen MR) is 388 cm³/mol. The first-order chi connectivity index (χ1) is 51.2. The van der Waals surface area contributed by atoms with Crippen molar-refractivity contribution in [2.45, 2.75) is 206 Å². The fourth-order valence-corrected chi connectivity index (χ4v) is 16.8. The number of nitrogens with two attached hydrogens (primary N) is 1. The van der Waals surface area contributed by atoms with E-state index in [0.717, 1.165) is 41.7 Å². The van der Waals surface area contributed by atoms with Crippen molar-refractivity contribution >= 4 is 29.6 Å². The number of hydrogen-bond acceptors (Lipinski definition) is 29. The number of nitrogens with zero attached hydrogens (tertiary/aromatic N) is 25. The molecule has 40 nitrogen and oxygen atoms in total. The second-order valence-electron chi connectivity index (χ2n) is 29.7. The number of aryl methyl sites for hydroxylation is 12. The summed E-state index contributed by atoms with van der Waals surface area (Å²) in [6, 6.07) is -1.17. The van der Waals surface area contributed by atoms with Gasteiger partial charge in [0.25, 0.3) is 11.1 Å². The zero-order valence-corrected chi connectivity index (χ0v) is 63.8. The normalized spacial score (nSPS) is 29.7. The van der Waals surface area contributed by atoms with Crippen molar-refractivity contribution < 1.29 is 29.2 Å². The van der Waals surface area contributed by atoms with E-state index in [-0.39, 0.29) is 52.2 Å². The van der Waals surface area contributed by atoms with Crippen molar-refractivity contribution in [3.8, 4) is 5.82 Å². The summed E-state index contributed by atoms with van der Waals surface area (Å²) < 4.78 is 39.5. The molecule has 578 valence electrons. The molecule has 8 fully saturated rings. The molecular weight excluding hydrogens is 1400 g/mol. The van der Waals surface area contributed by atoms with Gasteiger partial charge in [-0.1, -0.05) is 41.5 Å². The second kappa shape index (κ2) is 27.1. The summed E-state index contributed by atoms with van der Waals surface area (Å²) in [4.78, 5) is 117. The molecule has 16 atom stereocenters. The highest BCUT2D eigenvalue weighted by Crippen LogP contribution is 2.55. The molecule has 40 heteroatoms. The van der Waals surface area contributed by atoms with E-state index in [4.69, 9.17) is 24.7 Å². The van der Waals surface area contributed by atoms with Gasteiger partial charge in [-0.3, -0.25) is 56.6 Å². The van der Waals surface area contributed by atoms with Crippen LogP contribution in [0.25, 0.3) is 5.82 Å². The zero-order valence-electron chi connectivity index (χ0n) is 63.8. The Bertz CT molecular complexity index is 5090. The molecule has 108 heavy (non-hydrogen) atoms. The van der Waals surface area contributed by atoms with Crippen molar-refractivity contribution in [3.05, 3.63) is 146 Å². The van der Waals surface area contributed by atoms with Crippen LogP contribution in [-0.2, 0) is 47.1 Å². The van der Waals surface area contributed by atoms with Crippen molar-refractivity contribution in [2.24, 2.45) is 40.0 Å². The Morgan fingerprint density at radius 1 is 0.454 bits per heavy atom. The highest BCUT2D eigenvalue weighted by Gasteiger charge is 2.67. The van der Waals surface area contributed by atoms with E-state index in [1.807, 2.05) is 79.4 Å². The maximum Gasteiger partial charge on any atom is 0.351 e. The third-order valence-corrected chi connectivity index (χ3v) is 23.8. The second-order valence-corrected chi connectivity index (χ2v) is 29.7. The van der Waals surface area contributed by atoms with Crippen molar-refractivity contribution in [1.82, 2.24) is 112 Å². The molecule has 8 bridgehead atoms. The summed E-state index contributed by atoms with van der Waals surface area (Å²) in [5.74, 6) is 6.59. The minimum atomic E-state index is -0.814. The first kappa shape index (κ1) is 74.4. The van der Waals surface area contributed by atoms with E-state index >= 15 is 0 Å². The number of hydrogen-bond donors (Lipinski definition) is 5. The largest absolute Gasteiger partial charge is 0.388 e. The summed E-state index contributed by atoms with van der Waals surface area (Å²) >= 11 is 0. The maximum absolute atomic E-state index is 13.0. The third-order valence-electron chi connectivity index (χ3n) is 23.8. The van der Waals surface area contributed by atoms with Gasteiger partial charge in [0.05, 0.1) is 49.5 Å². The van der Waals surface area contributed by atoms with Gasteiger partial charge >= 0.3 is 22.8 Å². The lowest BCUT2D eigenvalue weighted by Crippen LogP contribution is -2.49. The molecule has 0 amide bonds. The molecule has 9 aromatic rings. The Balaban J connectivity index is 0.000000121. The number of ether oxygens (including phenoxy) is 4. The fourth-order valence-electron chi connectivity index (χ4n) is 16.8. The Morgan fingerprint density at radius 2 is 0.778 bits per heavy atom. The molecule has 0 saturated carbocycles. The van der Waals surface area contributed by atoms with Crippen LogP contribution >= 0.6 is 0 Å². The van der Waals surface area contributed by atoms with Crippen molar-refractivity contribution in [2.75, 3.05) is 51.5 Å². The lowest BCUT2D eigenvalue weighted by atomic mass is 9.88. The maximum atomic E-state index is 13.0. The molecule has 0 spiro atoms. The molecule has 8 aliphatic heterocycles. The molecule has 9 aromatic heterocycles. The van der Waals surface area contributed by atoms with Crippen LogP contribution < -0.4 is 59.2 Å². The zero-order chi connectivity index (χ0) is 77.6. The fraction of sp³-hybridized carbons (Fsp3) is 0.618. The van der Waals surface area contributed by atoms with Gasteiger partial charge in [-0.15, -0.1) is 20.4 Å². The monoisotopic (exact) mass is 1490 g/mol. The van der Waals surface area contributed by atoms with E-state index in [0.29, 0.717) is 85.3 Å². The molecule has 8 saturated heterocycles. The Hall–Kier alpha value is -10.4. The van der Waals surface area contributed by atoms with Gasteiger partial charge in [-0.05, 0) is 81.1 Å². The van der Waals surface area contributed by atoms with Gasteiger partial charge in [0, 0.05) is 87.1 Å². The number of nitrogens with one attached hydrogen (secondary N) is 2. The van der Waals surface area contributed by atoms with Crippen molar-refractivity contribution in [1.29, 1.82) is 0 Å². The predicted octanol–water partition coefficient (Wildman–Crippen LogP) is -0.0363. The van der Waals surface area contributed by atoms with Gasteiger partial charge < -0.3 is 54.5 Å². The molecule has 6 N–H and O–H groups in total. The van der Waals surface area contributed by atoms with E-state index in [1.165, 1.54) is 37.2 Å². The summed E-state index contributed by atoms with van der Waals surface area (Å²) in [5, 5.41) is 43.9. The van der Waals surface area contributed by atoms with Crippen LogP contribution in [0.1, 0.15) is 138 Å². The highest BCUT2D eigenvalue weighted by molar-refractivity contribution is 5.45. The molecule has 0 unspecified atom stereocenters. The lowest BCUT2D eigenvalue weighted by molar-refractivity contribution is -0.107. The Morgan fingerprint density at radius 3 is 1.12 bits per heavy atom. The Kier molecular flexibility index (Phi) is 18.6. The first-order valence-corrected chi connectivity index (χ1v) is 36.2. The molecule has 17 heterocycles. The standard InChI is InChI=1S/C19H25N9O2.C17H24N6O3.C16H23N7O3.C16H22N6O4/c1-6-19-8-27(17-22-13(4)25(5)24-17)14(12(19)3)16(30-19)26-7-11(2)15(23-18(26)29)28-10-20-9-21-28;1-6-17-8-23(15-18-11(4)21(5)20-15)12(10(17)3)14(26-17)22-7-9(2)13(24)19-16(22)25;1-5-16-7-23(14-18-9(3)21(4)20-14)10(11(16)24)13(26-16)22-6-8(2)12(17)19-15(22)25;1-5-16-7-22(14-17-9(3)20(4)19-14)10(11(16)23)13(26-16)21-6-8(2)12(24)18-15(21)25/h7,9-10,12,14,16H,6,8H2,1-5H3;7,10,12,14H,6,8H2,1-5H3,(H,19,24,25);6,10-11,13,24H,5,7H2,1-4H3,(H2,17,19,25);6,10-11,13,23H,5,7H2,1-4H3,(H,18,24,25)/t12-,14+,16+,19-;10-,12+,14+,17-;2*10-,11+,13-,16+/m0011/s1. The van der Waals surface area contributed by atoms with Crippen LogP contribution in [0.2, 0.25) is 0 Å². The molecule has 0 aliphatic carbocycles. The van der Waals surface area contributed by atoms with Gasteiger partial charge in [-0.25, -0.2) is 28.8 Å². The number of H-pyrrole nitrogens is 2. The van der Waals surface area contributed by atoms with Crippen LogP contribution in [0.5, 0.6) is 0 Å². The van der Waals surface area contributed by atoms with Crippen LogP contribution in [0.15, 0.2) is 66.2 Å². The van der Waals surface area contributed by atoms with E-state index in [9.17, 15) is 39.0 Å².